The lowest BCUT2D eigenvalue weighted by atomic mass is 10.1. The number of hydrogen-bond donors (Lipinski definition) is 16. The summed E-state index contributed by atoms with van der Waals surface area (Å²) in [6.45, 7) is 6.81. The van der Waals surface area contributed by atoms with Crippen LogP contribution in [0.4, 0.5) is 0 Å². The average Bonchev–Trinajstić information content (AvgIpc) is 3.66. The summed E-state index contributed by atoms with van der Waals surface area (Å²) in [6.07, 6.45) is -8.24. The third-order valence-electron chi connectivity index (χ3n) is 9.44. The second-order valence-electron chi connectivity index (χ2n) is 16.1. The first-order chi connectivity index (χ1) is 34.1. The number of ether oxygens (including phenoxy) is 2. The number of carbonyl (C=O) groups is 1. The van der Waals surface area contributed by atoms with Gasteiger partial charge in [-0.25, -0.2) is 37.0 Å². The highest BCUT2D eigenvalue weighted by molar-refractivity contribution is 7.67. The van der Waals surface area contributed by atoms with Crippen LogP contribution in [-0.2, 0) is 81.0 Å². The molecule has 2 aromatic rings. The van der Waals surface area contributed by atoms with Crippen molar-refractivity contribution >= 4 is 52.8 Å². The highest BCUT2D eigenvalue weighted by atomic mass is 31.3. The van der Waals surface area contributed by atoms with Gasteiger partial charge < -0.3 is 90.9 Å². The number of amides is 1. The van der Waals surface area contributed by atoms with E-state index in [2.05, 4.69) is 31.6 Å². The average molecular weight is 1240 g/mol. The largest absolute Gasteiger partial charge is 0.490 e. The number of nitrogens with one attached hydrogen (secondary N) is 3. The number of rotatable bonds is 24. The predicted molar refractivity (Wildman–Crippen MR) is 254 cm³/mol. The molecular formula is C32H59N7O32P6. The first-order valence-electron chi connectivity index (χ1n) is 20.6. The number of phosphoric acid groups is 6. The maximum absolute atomic E-state index is 12.4. The number of H-pyrrole nitrogens is 2. The first kappa shape index (κ1) is 71.8. The van der Waals surface area contributed by atoms with Crippen LogP contribution in [0.2, 0.25) is 0 Å². The fourth-order valence-corrected chi connectivity index (χ4v) is 12.2. The number of phosphoric ester groups is 2. The molecule has 2 aromatic heterocycles. The molecule has 2 saturated heterocycles. The lowest BCUT2D eigenvalue weighted by molar-refractivity contribution is -0.128. The van der Waals surface area contributed by atoms with Crippen LogP contribution in [0, 0.1) is 0 Å². The summed E-state index contributed by atoms with van der Waals surface area (Å²) >= 11 is 0. The molecular weight excluding hydrogens is 1180 g/mol. The summed E-state index contributed by atoms with van der Waals surface area (Å²) in [5, 5.41) is 44.2. The molecule has 4 heterocycles. The molecule has 0 spiro atoms. The molecule has 2 fully saturated rings. The maximum Gasteiger partial charge on any atom is 0.490 e. The molecule has 0 bridgehead atoms. The van der Waals surface area contributed by atoms with E-state index in [1.54, 1.807) is 19.9 Å². The van der Waals surface area contributed by atoms with E-state index in [4.69, 9.17) is 33.9 Å². The minimum atomic E-state index is -5.80. The second-order valence-corrected chi connectivity index (χ2v) is 24.9. The molecule has 0 aromatic carbocycles. The van der Waals surface area contributed by atoms with Crippen LogP contribution in [0.25, 0.3) is 0 Å². The van der Waals surface area contributed by atoms with Crippen molar-refractivity contribution in [1.29, 1.82) is 0 Å². The molecule has 2 aliphatic heterocycles. The predicted octanol–water partition coefficient (Wildman–Crippen LogP) is -3.29. The van der Waals surface area contributed by atoms with Crippen molar-refractivity contribution in [2.45, 2.75) is 96.8 Å². The molecule has 0 radical (unpaired) electrons. The van der Waals surface area contributed by atoms with E-state index in [0.29, 0.717) is 11.1 Å². The Labute approximate surface area is 432 Å². The summed E-state index contributed by atoms with van der Waals surface area (Å²) in [5.41, 5.74) is -1.70. The normalized spacial score (nSPS) is 24.5. The monoisotopic (exact) mass is 1240 g/mol. The first-order valence-corrected chi connectivity index (χ1v) is 29.7. The van der Waals surface area contributed by atoms with Crippen molar-refractivity contribution in [3.8, 4) is 0 Å². The van der Waals surface area contributed by atoms with Crippen LogP contribution in [0.15, 0.2) is 54.9 Å². The fourth-order valence-electron chi connectivity index (χ4n) is 6.09. The maximum atomic E-state index is 12.4. The minimum absolute atomic E-state index is 0. The number of aromatic amines is 2. The quantitative estimate of drug-likeness (QED) is 0.0278. The molecule has 0 saturated carbocycles. The van der Waals surface area contributed by atoms with Gasteiger partial charge >= 0.3 is 58.3 Å². The molecule has 1 amide bonds. The van der Waals surface area contributed by atoms with Gasteiger partial charge in [0.25, 0.3) is 11.1 Å². The van der Waals surface area contributed by atoms with E-state index in [1.165, 1.54) is 11.8 Å². The minimum Gasteiger partial charge on any atom is -0.412 e. The second kappa shape index (κ2) is 29.0. The van der Waals surface area contributed by atoms with Crippen LogP contribution < -0.4 is 34.0 Å². The highest BCUT2D eigenvalue weighted by Crippen LogP contribution is 2.67. The molecule has 39 nitrogen and oxygen atoms in total. The van der Waals surface area contributed by atoms with Crippen LogP contribution in [0.3, 0.4) is 0 Å². The third kappa shape index (κ3) is 23.4. The Bertz CT molecular complexity index is 2960. The lowest BCUT2D eigenvalue weighted by Gasteiger charge is -2.21. The fraction of sp³-hybridized carbons (Fsp3) is 0.594. The van der Waals surface area contributed by atoms with Gasteiger partial charge in [-0.15, -0.1) is 0 Å². The van der Waals surface area contributed by atoms with Gasteiger partial charge in [-0.3, -0.25) is 42.5 Å². The van der Waals surface area contributed by atoms with E-state index in [1.807, 2.05) is 29.9 Å². The zero-order valence-electron chi connectivity index (χ0n) is 40.5. The summed E-state index contributed by atoms with van der Waals surface area (Å²) in [5.74, 6) is -0.385. The van der Waals surface area contributed by atoms with Crippen molar-refractivity contribution in [3.63, 3.8) is 0 Å². The smallest absolute Gasteiger partial charge is 0.412 e. The standard InChI is InChI=1S/C17H28N3O16P3.C15H26N3O15P3.H3N.H2O/c1-9(2)4-5-19(10(3)21)6-11-7-20(17(25)18-15(11)24)16-14(23)13(22)12(34-16)8-33-38(29,30)36-39(31,32)35-37(26,27)28;1-8(2)3-4-16-5-9-6-18(15(22)17-13(9)21)14-12(20)11(19)10(31-14)7-30-35(26,27)33-36(28,29)32-34(23,24)25;;/h4,7,12-14,16,22-23H,5-6,8H2,1-3H3,(H,29,30)(H,31,32)(H,18,24,25)(H2,26,27,28);3,6,10-12,14,16,19-20H,4-5,7H2,1-2H3,(H,26,27)(H,28,29)(H,17,21,22)(H2,23,24,25);1H3;1H2/t12-,13+,14?,16-;10-,11+,12?,14-;;/m11../s1. The molecule has 6 unspecified atom stereocenters. The van der Waals surface area contributed by atoms with Crippen molar-refractivity contribution < 1.29 is 133 Å². The zero-order valence-corrected chi connectivity index (χ0v) is 45.9. The van der Waals surface area contributed by atoms with Crippen molar-refractivity contribution in [2.24, 2.45) is 0 Å². The van der Waals surface area contributed by atoms with E-state index >= 15 is 0 Å². The third-order valence-corrected chi connectivity index (χ3v) is 17.0. The van der Waals surface area contributed by atoms with Crippen LogP contribution >= 0.6 is 46.9 Å². The zero-order chi connectivity index (χ0) is 57.4. The van der Waals surface area contributed by atoms with Gasteiger partial charge in [0.2, 0.25) is 5.91 Å². The number of nitrogens with zero attached hydrogens (tertiary/aromatic N) is 3. The molecule has 45 heteroatoms. The Hall–Kier alpha value is -3.23. The number of allylic oxidation sites excluding steroid dienone is 2. The molecule has 444 valence electrons. The molecule has 2 aliphatic rings. The number of aliphatic hydroxyl groups is 4. The number of aromatic nitrogens is 4. The van der Waals surface area contributed by atoms with Gasteiger partial charge in [0.05, 0.1) is 25.3 Å². The van der Waals surface area contributed by atoms with Crippen LogP contribution in [0.5, 0.6) is 0 Å². The van der Waals surface area contributed by atoms with Gasteiger partial charge in [0.15, 0.2) is 12.5 Å². The lowest BCUT2D eigenvalue weighted by Crippen LogP contribution is -2.40. The molecule has 0 aliphatic carbocycles. The van der Waals surface area contributed by atoms with Gasteiger partial charge in [0.1, 0.15) is 36.6 Å². The van der Waals surface area contributed by atoms with Gasteiger partial charge in [0, 0.05) is 44.5 Å². The molecule has 77 heavy (non-hydrogen) atoms. The van der Waals surface area contributed by atoms with E-state index < -0.39 is 132 Å². The number of aliphatic hydroxyl groups excluding tert-OH is 4. The SMILES string of the molecule is CC(=O)N(CC=C(C)C)Cc1cn([C@@H]2O[C@H](COP(=O)(O)OP(=O)(O)OP(=O)(O)O)[C@H](O)C2O)c(=O)[nH]c1=O.CC(C)=CCNCc1cn([C@@H]2O[C@H](COP(=O)(O)OP(=O)(O)OP(=O)(O)O)[C@H](O)C2O)c(=O)[nH]c1=O.N.O. The molecule has 20 N–H and O–H groups in total. The summed E-state index contributed by atoms with van der Waals surface area (Å²) in [4.78, 5) is 138. The van der Waals surface area contributed by atoms with E-state index in [-0.39, 0.29) is 48.3 Å². The number of carbonyl (C=O) groups excluding carboxylic acids is 1. The van der Waals surface area contributed by atoms with Gasteiger partial charge in [-0.2, -0.15) is 17.2 Å². The van der Waals surface area contributed by atoms with Crippen molar-refractivity contribution in [3.05, 3.63) is 88.5 Å². The Balaban J connectivity index is 0.000000753. The Morgan fingerprint density at radius 3 is 1.36 bits per heavy atom. The van der Waals surface area contributed by atoms with Gasteiger partial charge in [-0.1, -0.05) is 23.3 Å². The Morgan fingerprint density at radius 2 is 1.00 bits per heavy atom. The van der Waals surface area contributed by atoms with E-state index in [0.717, 1.165) is 28.1 Å². The summed E-state index contributed by atoms with van der Waals surface area (Å²) in [7, 11) is -33.8. The summed E-state index contributed by atoms with van der Waals surface area (Å²) < 4.78 is 103. The van der Waals surface area contributed by atoms with Crippen LogP contribution in [-0.4, -0.2) is 158 Å². The van der Waals surface area contributed by atoms with Crippen molar-refractivity contribution in [1.82, 2.24) is 35.5 Å². The topological polar surface area (TPSA) is 628 Å². The summed E-state index contributed by atoms with van der Waals surface area (Å²) in [6, 6.07) is 0. The molecule has 12 atom stereocenters. The van der Waals surface area contributed by atoms with E-state index in [9.17, 15) is 86.5 Å². The molecule has 4 rings (SSSR count). The highest BCUT2D eigenvalue weighted by Gasteiger charge is 2.49. The Kier molecular flexibility index (Phi) is 27.0. The van der Waals surface area contributed by atoms with Crippen molar-refractivity contribution in [2.75, 3.05) is 26.3 Å². The van der Waals surface area contributed by atoms with Gasteiger partial charge in [-0.05, 0) is 27.7 Å². The Morgan fingerprint density at radius 1 is 0.623 bits per heavy atom. The van der Waals surface area contributed by atoms with Crippen LogP contribution in [0.1, 0.15) is 58.2 Å². The number of hydrogen-bond acceptors (Lipinski definition) is 25.